The second-order valence-electron chi connectivity index (χ2n) is 5.61. The van der Waals surface area contributed by atoms with Crippen LogP contribution in [0.3, 0.4) is 0 Å². The van der Waals surface area contributed by atoms with E-state index in [1.807, 2.05) is 24.3 Å². The molecule has 23 heavy (non-hydrogen) atoms. The number of nitrogens with one attached hydrogen (secondary N) is 2. The Labute approximate surface area is 135 Å². The molecule has 1 aliphatic heterocycles. The second-order valence-corrected chi connectivity index (χ2v) is 5.61. The number of carbonyl (C=O) groups excluding carboxylic acids is 2. The molecule has 4 N–H and O–H groups in total. The zero-order chi connectivity index (χ0) is 16.7. The van der Waals surface area contributed by atoms with E-state index >= 15 is 0 Å². The summed E-state index contributed by atoms with van der Waals surface area (Å²) in [5, 5.41) is 5.49. The Balaban J connectivity index is 1.86. The van der Waals surface area contributed by atoms with Crippen molar-refractivity contribution in [1.29, 1.82) is 0 Å². The molecular weight excluding hydrogens is 298 g/mol. The maximum atomic E-state index is 12.0. The Morgan fingerprint density at radius 2 is 1.96 bits per heavy atom. The number of primary amides is 1. The fourth-order valence-electron chi connectivity index (χ4n) is 2.61. The highest BCUT2D eigenvalue weighted by atomic mass is 16.5. The normalized spacial score (nSPS) is 16.4. The van der Waals surface area contributed by atoms with E-state index in [0.717, 1.165) is 5.56 Å². The summed E-state index contributed by atoms with van der Waals surface area (Å²) < 4.78 is 10.5. The van der Waals surface area contributed by atoms with E-state index in [1.54, 1.807) is 7.11 Å². The van der Waals surface area contributed by atoms with Crippen LogP contribution in [-0.2, 0) is 16.1 Å². The average molecular weight is 321 g/mol. The van der Waals surface area contributed by atoms with E-state index in [2.05, 4.69) is 10.6 Å². The molecule has 3 amide bonds. The number of amides is 3. The van der Waals surface area contributed by atoms with Crippen LogP contribution in [0.1, 0.15) is 18.4 Å². The molecule has 1 fully saturated rings. The molecule has 0 radical (unpaired) electrons. The molecule has 1 heterocycles. The summed E-state index contributed by atoms with van der Waals surface area (Å²) >= 11 is 0. The number of methoxy groups -OCH3 is 1. The van der Waals surface area contributed by atoms with Crippen molar-refractivity contribution >= 4 is 11.9 Å². The third-order valence-electron chi connectivity index (χ3n) is 4.19. The van der Waals surface area contributed by atoms with Gasteiger partial charge in [0.05, 0.1) is 12.5 Å². The minimum absolute atomic E-state index is 0.212. The number of carbonyl (C=O) groups is 2. The molecule has 0 unspecified atom stereocenters. The first-order valence-corrected chi connectivity index (χ1v) is 7.59. The lowest BCUT2D eigenvalue weighted by Gasteiger charge is -2.34. The Morgan fingerprint density at radius 3 is 2.61 bits per heavy atom. The molecule has 0 aliphatic carbocycles. The first-order chi connectivity index (χ1) is 11.1. The van der Waals surface area contributed by atoms with Gasteiger partial charge < -0.3 is 25.8 Å². The van der Waals surface area contributed by atoms with Gasteiger partial charge in [-0.2, -0.15) is 0 Å². The SMILES string of the molecule is COc1ccccc1CNC(=O)NCC1(C(N)=O)CCOCC1. The maximum absolute atomic E-state index is 12.0. The summed E-state index contributed by atoms with van der Waals surface area (Å²) in [5.41, 5.74) is 5.66. The molecule has 0 bridgehead atoms. The summed E-state index contributed by atoms with van der Waals surface area (Å²) in [6, 6.07) is 7.11. The number of rotatable bonds is 6. The zero-order valence-corrected chi connectivity index (χ0v) is 13.3. The van der Waals surface area contributed by atoms with Crippen molar-refractivity contribution in [2.75, 3.05) is 26.9 Å². The number of nitrogens with two attached hydrogens (primary N) is 1. The number of hydrogen-bond acceptors (Lipinski definition) is 4. The summed E-state index contributed by atoms with van der Waals surface area (Å²) in [6.07, 6.45) is 1.05. The number of urea groups is 1. The van der Waals surface area contributed by atoms with Crippen molar-refractivity contribution in [3.8, 4) is 5.75 Å². The van der Waals surface area contributed by atoms with E-state index in [1.165, 1.54) is 0 Å². The highest BCUT2D eigenvalue weighted by Crippen LogP contribution is 2.29. The molecule has 0 saturated carbocycles. The maximum Gasteiger partial charge on any atom is 0.315 e. The van der Waals surface area contributed by atoms with Crippen LogP contribution in [0.2, 0.25) is 0 Å². The number of para-hydroxylation sites is 1. The minimum Gasteiger partial charge on any atom is -0.496 e. The molecule has 2 rings (SSSR count). The van der Waals surface area contributed by atoms with Gasteiger partial charge in [-0.15, -0.1) is 0 Å². The van der Waals surface area contributed by atoms with E-state index in [9.17, 15) is 9.59 Å². The van der Waals surface area contributed by atoms with Gasteiger partial charge in [-0.3, -0.25) is 4.79 Å². The monoisotopic (exact) mass is 321 g/mol. The fraction of sp³-hybridized carbons (Fsp3) is 0.500. The molecule has 7 nitrogen and oxygen atoms in total. The predicted molar refractivity (Wildman–Crippen MR) is 84.9 cm³/mol. The lowest BCUT2D eigenvalue weighted by atomic mass is 9.79. The van der Waals surface area contributed by atoms with Crippen LogP contribution in [0, 0.1) is 5.41 Å². The molecule has 0 spiro atoms. The van der Waals surface area contributed by atoms with E-state index in [0.29, 0.717) is 38.3 Å². The van der Waals surface area contributed by atoms with Gasteiger partial charge in [0.2, 0.25) is 5.91 Å². The molecule has 0 atom stereocenters. The second kappa shape index (κ2) is 7.82. The van der Waals surface area contributed by atoms with Crippen molar-refractivity contribution in [3.05, 3.63) is 29.8 Å². The van der Waals surface area contributed by atoms with Crippen LogP contribution in [0.5, 0.6) is 5.75 Å². The van der Waals surface area contributed by atoms with Crippen LogP contribution in [0.4, 0.5) is 4.79 Å². The first kappa shape index (κ1) is 17.1. The first-order valence-electron chi connectivity index (χ1n) is 7.59. The highest BCUT2D eigenvalue weighted by Gasteiger charge is 2.38. The number of benzene rings is 1. The molecular formula is C16H23N3O4. The van der Waals surface area contributed by atoms with Gasteiger partial charge in [-0.25, -0.2) is 4.79 Å². The van der Waals surface area contributed by atoms with Gasteiger partial charge in [0.25, 0.3) is 0 Å². The summed E-state index contributed by atoms with van der Waals surface area (Å²) in [5.74, 6) is 0.316. The van der Waals surface area contributed by atoms with Gasteiger partial charge in [-0.1, -0.05) is 18.2 Å². The highest BCUT2D eigenvalue weighted by molar-refractivity contribution is 5.82. The van der Waals surface area contributed by atoms with Gasteiger partial charge >= 0.3 is 6.03 Å². The molecule has 1 saturated heterocycles. The van der Waals surface area contributed by atoms with Gasteiger partial charge in [-0.05, 0) is 18.9 Å². The third kappa shape index (κ3) is 4.35. The molecule has 126 valence electrons. The minimum atomic E-state index is -0.722. The summed E-state index contributed by atoms with van der Waals surface area (Å²) in [7, 11) is 1.58. The van der Waals surface area contributed by atoms with Crippen LogP contribution in [0.25, 0.3) is 0 Å². The molecule has 1 aromatic rings. The quantitative estimate of drug-likeness (QED) is 0.720. The number of ether oxygens (including phenoxy) is 2. The van der Waals surface area contributed by atoms with Gasteiger partial charge in [0, 0.05) is 31.9 Å². The van der Waals surface area contributed by atoms with Crippen molar-refractivity contribution in [2.24, 2.45) is 11.1 Å². The number of hydrogen-bond donors (Lipinski definition) is 3. The Bertz CT molecular complexity index is 556. The van der Waals surface area contributed by atoms with E-state index in [-0.39, 0.29) is 12.6 Å². The van der Waals surface area contributed by atoms with Crippen LogP contribution in [0.15, 0.2) is 24.3 Å². The topological polar surface area (TPSA) is 103 Å². The largest absolute Gasteiger partial charge is 0.496 e. The fourth-order valence-corrected chi connectivity index (χ4v) is 2.61. The molecule has 7 heteroatoms. The summed E-state index contributed by atoms with van der Waals surface area (Å²) in [6.45, 7) is 1.51. The van der Waals surface area contributed by atoms with Gasteiger partial charge in [0.15, 0.2) is 0 Å². The molecule has 1 aliphatic rings. The van der Waals surface area contributed by atoms with Crippen molar-refractivity contribution in [1.82, 2.24) is 10.6 Å². The smallest absolute Gasteiger partial charge is 0.315 e. The van der Waals surface area contributed by atoms with Crippen molar-refractivity contribution < 1.29 is 19.1 Å². The van der Waals surface area contributed by atoms with Crippen molar-refractivity contribution in [3.63, 3.8) is 0 Å². The molecule has 0 aromatic heterocycles. The predicted octanol–water partition coefficient (Wildman–Crippen LogP) is 0.777. The Morgan fingerprint density at radius 1 is 1.26 bits per heavy atom. The van der Waals surface area contributed by atoms with Crippen LogP contribution in [-0.4, -0.2) is 38.8 Å². The third-order valence-corrected chi connectivity index (χ3v) is 4.19. The van der Waals surface area contributed by atoms with Crippen LogP contribution < -0.4 is 21.1 Å². The average Bonchev–Trinajstić information content (AvgIpc) is 2.59. The van der Waals surface area contributed by atoms with E-state index < -0.39 is 11.3 Å². The lowest BCUT2D eigenvalue weighted by Crippen LogP contribution is -2.51. The Hall–Kier alpha value is -2.28. The molecule has 1 aromatic carbocycles. The zero-order valence-electron chi connectivity index (χ0n) is 13.3. The van der Waals surface area contributed by atoms with Crippen molar-refractivity contribution in [2.45, 2.75) is 19.4 Å². The Kier molecular flexibility index (Phi) is 5.81. The standard InChI is InChI=1S/C16H23N3O4/c1-22-13-5-3-2-4-12(13)10-18-15(21)19-11-16(14(17)20)6-8-23-9-7-16/h2-5H,6-11H2,1H3,(H2,17,20)(H2,18,19,21). The lowest BCUT2D eigenvalue weighted by molar-refractivity contribution is -0.132. The van der Waals surface area contributed by atoms with E-state index in [4.69, 9.17) is 15.2 Å². The summed E-state index contributed by atoms with van der Waals surface area (Å²) in [4.78, 5) is 23.7. The van der Waals surface area contributed by atoms with Crippen LogP contribution >= 0.6 is 0 Å². The van der Waals surface area contributed by atoms with Gasteiger partial charge in [0.1, 0.15) is 5.75 Å².